The van der Waals surface area contributed by atoms with E-state index in [1.807, 2.05) is 18.2 Å². The van der Waals surface area contributed by atoms with E-state index in [9.17, 15) is 8.42 Å². The summed E-state index contributed by atoms with van der Waals surface area (Å²) in [5.74, 6) is 0. The van der Waals surface area contributed by atoms with Crippen molar-refractivity contribution in [2.45, 2.75) is 11.4 Å². The Labute approximate surface area is 120 Å². The Morgan fingerprint density at radius 3 is 2.68 bits per heavy atom. The monoisotopic (exact) mass is 340 g/mol. The third kappa shape index (κ3) is 4.04. The third-order valence-electron chi connectivity index (χ3n) is 2.52. The van der Waals surface area contributed by atoms with Gasteiger partial charge in [0.15, 0.2) is 9.84 Å². The summed E-state index contributed by atoms with van der Waals surface area (Å²) in [6, 6.07) is 10.6. The average molecular weight is 341 g/mol. The Morgan fingerprint density at radius 1 is 1.26 bits per heavy atom. The van der Waals surface area contributed by atoms with Crippen LogP contribution in [0.25, 0.3) is 0 Å². The van der Waals surface area contributed by atoms with Gasteiger partial charge in [0.05, 0.1) is 17.1 Å². The Hall–Kier alpha value is -1.40. The molecule has 19 heavy (non-hydrogen) atoms. The molecule has 1 N–H and O–H groups in total. The number of benzene rings is 1. The molecule has 4 nitrogen and oxygen atoms in total. The second-order valence-corrected chi connectivity index (χ2v) is 7.05. The Kier molecular flexibility index (Phi) is 4.21. The van der Waals surface area contributed by atoms with Crippen LogP contribution in [0.1, 0.15) is 5.69 Å². The molecule has 0 saturated carbocycles. The van der Waals surface area contributed by atoms with Gasteiger partial charge in [0.25, 0.3) is 0 Å². The van der Waals surface area contributed by atoms with Crippen LogP contribution >= 0.6 is 15.9 Å². The van der Waals surface area contributed by atoms with Crippen LogP contribution in [0.4, 0.5) is 5.69 Å². The molecule has 100 valence electrons. The zero-order valence-corrected chi connectivity index (χ0v) is 12.7. The van der Waals surface area contributed by atoms with E-state index in [-0.39, 0.29) is 0 Å². The number of nitrogens with one attached hydrogen (secondary N) is 1. The van der Waals surface area contributed by atoms with E-state index >= 15 is 0 Å². The molecule has 0 aliphatic rings. The van der Waals surface area contributed by atoms with Gasteiger partial charge < -0.3 is 5.32 Å². The highest BCUT2D eigenvalue weighted by Gasteiger charge is 2.07. The first kappa shape index (κ1) is 14.0. The molecule has 0 aliphatic heterocycles. The van der Waals surface area contributed by atoms with Gasteiger partial charge in [0.2, 0.25) is 0 Å². The molecule has 0 spiro atoms. The lowest BCUT2D eigenvalue weighted by Crippen LogP contribution is -2.03. The maximum absolute atomic E-state index is 11.5. The summed E-state index contributed by atoms with van der Waals surface area (Å²) in [5, 5.41) is 3.15. The average Bonchev–Trinajstić information content (AvgIpc) is 2.37. The fraction of sp³-hybridized carbons (Fsp3) is 0.154. The van der Waals surface area contributed by atoms with Crippen molar-refractivity contribution in [3.05, 3.63) is 52.8 Å². The van der Waals surface area contributed by atoms with E-state index in [1.54, 1.807) is 24.4 Å². The normalized spacial score (nSPS) is 11.3. The molecular weight excluding hydrogens is 328 g/mol. The third-order valence-corrected chi connectivity index (χ3v) is 4.10. The number of anilines is 1. The van der Waals surface area contributed by atoms with Gasteiger partial charge >= 0.3 is 0 Å². The van der Waals surface area contributed by atoms with E-state index < -0.39 is 9.84 Å². The van der Waals surface area contributed by atoms with Crippen LogP contribution < -0.4 is 5.32 Å². The highest BCUT2D eigenvalue weighted by atomic mass is 79.9. The number of hydrogen-bond donors (Lipinski definition) is 1. The summed E-state index contributed by atoms with van der Waals surface area (Å²) in [4.78, 5) is 4.54. The molecule has 2 rings (SSSR count). The van der Waals surface area contributed by atoms with Crippen molar-refractivity contribution >= 4 is 31.5 Å². The fourth-order valence-corrected chi connectivity index (χ4v) is 2.44. The van der Waals surface area contributed by atoms with Crippen LogP contribution in [0.15, 0.2) is 52.0 Å². The molecule has 0 fully saturated rings. The summed E-state index contributed by atoms with van der Waals surface area (Å²) in [6.07, 6.45) is 2.92. The standard InChI is InChI=1S/C13H13BrN2O2S/c1-19(17,18)13-4-2-3-11(7-13)16-9-12-6-5-10(14)8-15-12/h2-8,16H,9H2,1H3. The first-order valence-electron chi connectivity index (χ1n) is 5.59. The molecule has 1 heterocycles. The molecule has 1 aromatic carbocycles. The van der Waals surface area contributed by atoms with Gasteiger partial charge in [-0.1, -0.05) is 6.07 Å². The molecule has 0 radical (unpaired) electrons. The minimum atomic E-state index is -3.18. The predicted octanol–water partition coefficient (Wildman–Crippen LogP) is 2.86. The van der Waals surface area contributed by atoms with Gasteiger partial charge in [0.1, 0.15) is 0 Å². The van der Waals surface area contributed by atoms with Crippen molar-refractivity contribution in [2.24, 2.45) is 0 Å². The van der Waals surface area contributed by atoms with E-state index in [0.29, 0.717) is 11.4 Å². The number of hydrogen-bond acceptors (Lipinski definition) is 4. The van der Waals surface area contributed by atoms with Gasteiger partial charge in [-0.05, 0) is 46.3 Å². The van der Waals surface area contributed by atoms with E-state index in [2.05, 4.69) is 26.2 Å². The molecule has 0 bridgehead atoms. The second kappa shape index (κ2) is 5.71. The number of pyridine rings is 1. The largest absolute Gasteiger partial charge is 0.379 e. The molecule has 6 heteroatoms. The first-order chi connectivity index (χ1) is 8.95. The summed E-state index contributed by atoms with van der Waals surface area (Å²) >= 11 is 3.32. The predicted molar refractivity (Wildman–Crippen MR) is 78.8 cm³/mol. The highest BCUT2D eigenvalue weighted by molar-refractivity contribution is 9.10. The summed E-state index contributed by atoms with van der Waals surface area (Å²) in [6.45, 7) is 0.542. The number of halogens is 1. The van der Waals surface area contributed by atoms with Gasteiger partial charge in [-0.2, -0.15) is 0 Å². The minimum Gasteiger partial charge on any atom is -0.379 e. The number of nitrogens with zero attached hydrogens (tertiary/aromatic N) is 1. The number of aromatic nitrogens is 1. The lowest BCUT2D eigenvalue weighted by Gasteiger charge is -2.07. The molecule has 0 amide bonds. The van der Waals surface area contributed by atoms with Crippen LogP contribution in [0, 0.1) is 0 Å². The van der Waals surface area contributed by atoms with Gasteiger partial charge in [0, 0.05) is 22.6 Å². The molecule has 0 atom stereocenters. The summed E-state index contributed by atoms with van der Waals surface area (Å²) in [5.41, 5.74) is 1.64. The molecule has 0 saturated heterocycles. The molecule has 2 aromatic rings. The quantitative estimate of drug-likeness (QED) is 0.929. The van der Waals surface area contributed by atoms with Crippen LogP contribution in [0.5, 0.6) is 0 Å². The van der Waals surface area contributed by atoms with E-state index in [4.69, 9.17) is 0 Å². The van der Waals surface area contributed by atoms with Crippen molar-refractivity contribution in [3.8, 4) is 0 Å². The molecule has 0 aliphatic carbocycles. The zero-order chi connectivity index (χ0) is 13.9. The van der Waals surface area contributed by atoms with Gasteiger partial charge in [-0.25, -0.2) is 8.42 Å². The fourth-order valence-electron chi connectivity index (χ4n) is 1.54. The Bertz CT molecular complexity index is 669. The summed E-state index contributed by atoms with van der Waals surface area (Å²) in [7, 11) is -3.18. The van der Waals surface area contributed by atoms with Crippen LogP contribution in [-0.4, -0.2) is 19.7 Å². The van der Waals surface area contributed by atoms with Crippen molar-refractivity contribution in [3.63, 3.8) is 0 Å². The zero-order valence-electron chi connectivity index (χ0n) is 10.3. The van der Waals surface area contributed by atoms with Gasteiger partial charge in [-0.15, -0.1) is 0 Å². The lowest BCUT2D eigenvalue weighted by atomic mass is 10.3. The van der Waals surface area contributed by atoms with Gasteiger partial charge in [-0.3, -0.25) is 4.98 Å². The van der Waals surface area contributed by atoms with Crippen LogP contribution in [-0.2, 0) is 16.4 Å². The van der Waals surface area contributed by atoms with E-state index in [0.717, 1.165) is 15.9 Å². The number of rotatable bonds is 4. The molecular formula is C13H13BrN2O2S. The topological polar surface area (TPSA) is 59.1 Å². The Balaban J connectivity index is 2.10. The maximum Gasteiger partial charge on any atom is 0.175 e. The van der Waals surface area contributed by atoms with Crippen LogP contribution in [0.2, 0.25) is 0 Å². The van der Waals surface area contributed by atoms with Crippen molar-refractivity contribution in [1.29, 1.82) is 0 Å². The second-order valence-electron chi connectivity index (χ2n) is 4.12. The SMILES string of the molecule is CS(=O)(=O)c1cccc(NCc2ccc(Br)cn2)c1. The van der Waals surface area contributed by atoms with Crippen molar-refractivity contribution in [2.75, 3.05) is 11.6 Å². The lowest BCUT2D eigenvalue weighted by molar-refractivity contribution is 0.602. The Morgan fingerprint density at radius 2 is 2.05 bits per heavy atom. The smallest absolute Gasteiger partial charge is 0.175 e. The minimum absolute atomic E-state index is 0.307. The van der Waals surface area contributed by atoms with Crippen molar-refractivity contribution < 1.29 is 8.42 Å². The van der Waals surface area contributed by atoms with E-state index in [1.165, 1.54) is 6.26 Å². The maximum atomic E-state index is 11.5. The molecule has 0 unspecified atom stereocenters. The summed E-state index contributed by atoms with van der Waals surface area (Å²) < 4.78 is 23.8. The van der Waals surface area contributed by atoms with Crippen molar-refractivity contribution in [1.82, 2.24) is 4.98 Å². The van der Waals surface area contributed by atoms with Crippen LogP contribution in [0.3, 0.4) is 0 Å². The molecule has 1 aromatic heterocycles. The highest BCUT2D eigenvalue weighted by Crippen LogP contribution is 2.16. The number of sulfone groups is 1. The first-order valence-corrected chi connectivity index (χ1v) is 8.28.